The van der Waals surface area contributed by atoms with Crippen LogP contribution in [0.15, 0.2) is 24.3 Å². The van der Waals surface area contributed by atoms with Crippen LogP contribution in [0.4, 0.5) is 14.3 Å². The Kier molecular flexibility index (Phi) is 5.04. The Labute approximate surface area is 175 Å². The summed E-state index contributed by atoms with van der Waals surface area (Å²) < 4.78 is 19.6. The predicted molar refractivity (Wildman–Crippen MR) is 112 cm³/mol. The van der Waals surface area contributed by atoms with Crippen LogP contribution in [0, 0.1) is 5.82 Å². The van der Waals surface area contributed by atoms with Crippen molar-refractivity contribution >= 4 is 49.9 Å². The van der Waals surface area contributed by atoms with E-state index < -0.39 is 5.60 Å². The number of aromatic nitrogens is 1. The third kappa shape index (κ3) is 4.40. The molecular formula is C20H20FN3O3S2. The van der Waals surface area contributed by atoms with E-state index in [0.717, 1.165) is 15.3 Å². The zero-order valence-electron chi connectivity index (χ0n) is 16.2. The molecule has 9 heteroatoms. The van der Waals surface area contributed by atoms with E-state index in [2.05, 4.69) is 10.3 Å². The van der Waals surface area contributed by atoms with Crippen molar-refractivity contribution in [3.05, 3.63) is 45.5 Å². The van der Waals surface area contributed by atoms with Crippen molar-refractivity contribution in [2.24, 2.45) is 0 Å². The highest BCUT2D eigenvalue weighted by atomic mass is 32.1. The lowest BCUT2D eigenvalue weighted by molar-refractivity contribution is 0.0225. The van der Waals surface area contributed by atoms with Gasteiger partial charge in [0.1, 0.15) is 11.4 Å². The van der Waals surface area contributed by atoms with E-state index in [1.807, 2.05) is 20.8 Å². The molecule has 2 aromatic heterocycles. The topological polar surface area (TPSA) is 71.5 Å². The first-order valence-corrected chi connectivity index (χ1v) is 10.8. The van der Waals surface area contributed by atoms with Crippen molar-refractivity contribution in [1.29, 1.82) is 0 Å². The zero-order chi connectivity index (χ0) is 20.8. The van der Waals surface area contributed by atoms with Gasteiger partial charge in [-0.3, -0.25) is 10.1 Å². The molecule has 1 aliphatic rings. The smallest absolute Gasteiger partial charge is 0.410 e. The van der Waals surface area contributed by atoms with Gasteiger partial charge in [0.05, 0.1) is 17.1 Å². The first-order chi connectivity index (χ1) is 13.7. The van der Waals surface area contributed by atoms with Gasteiger partial charge in [-0.25, -0.2) is 14.2 Å². The second kappa shape index (κ2) is 7.38. The molecule has 0 spiro atoms. The summed E-state index contributed by atoms with van der Waals surface area (Å²) in [6.45, 7) is 6.45. The normalized spacial score (nSPS) is 14.0. The monoisotopic (exact) mass is 433 g/mol. The molecule has 1 N–H and O–H groups in total. The molecule has 0 atom stereocenters. The molecule has 0 radical (unpaired) electrons. The lowest BCUT2D eigenvalue weighted by Crippen LogP contribution is -2.39. The van der Waals surface area contributed by atoms with Crippen LogP contribution in [-0.4, -0.2) is 34.0 Å². The van der Waals surface area contributed by atoms with Crippen LogP contribution in [-0.2, 0) is 17.7 Å². The van der Waals surface area contributed by atoms with Gasteiger partial charge in [-0.1, -0.05) is 11.3 Å². The Bertz CT molecular complexity index is 1100. The molecule has 0 saturated heterocycles. The van der Waals surface area contributed by atoms with Crippen LogP contribution in [0.2, 0.25) is 0 Å². The van der Waals surface area contributed by atoms with Gasteiger partial charge < -0.3 is 9.64 Å². The molecule has 0 fully saturated rings. The van der Waals surface area contributed by atoms with Gasteiger partial charge in [-0.2, -0.15) is 0 Å². The maximum Gasteiger partial charge on any atom is 0.410 e. The summed E-state index contributed by atoms with van der Waals surface area (Å²) in [5.41, 5.74) is 0.348. The van der Waals surface area contributed by atoms with Crippen LogP contribution >= 0.6 is 22.7 Å². The standard InChI is InChI=1S/C20H20FN3O3S2/c1-20(2,3)27-19(26)24-7-6-13-16(10-24)29-18(22-13)23-17(25)15-9-11-8-12(21)4-5-14(11)28-15/h4-5,8-9H,6-7,10H2,1-3H3,(H,22,23,25). The minimum atomic E-state index is -0.544. The average Bonchev–Trinajstić information content (AvgIpc) is 3.22. The zero-order valence-corrected chi connectivity index (χ0v) is 17.9. The van der Waals surface area contributed by atoms with E-state index in [1.165, 1.54) is 34.8 Å². The maximum atomic E-state index is 13.4. The summed E-state index contributed by atoms with van der Waals surface area (Å²) in [6.07, 6.45) is 0.267. The number of anilines is 1. The largest absolute Gasteiger partial charge is 0.444 e. The van der Waals surface area contributed by atoms with E-state index >= 15 is 0 Å². The van der Waals surface area contributed by atoms with Gasteiger partial charge in [0.25, 0.3) is 5.91 Å². The minimum Gasteiger partial charge on any atom is -0.444 e. The van der Waals surface area contributed by atoms with Crippen molar-refractivity contribution in [2.75, 3.05) is 11.9 Å². The Morgan fingerprint density at radius 3 is 2.79 bits per heavy atom. The Morgan fingerprint density at radius 1 is 1.24 bits per heavy atom. The van der Waals surface area contributed by atoms with Crippen molar-refractivity contribution in [2.45, 2.75) is 39.3 Å². The number of halogens is 1. The van der Waals surface area contributed by atoms with E-state index in [9.17, 15) is 14.0 Å². The van der Waals surface area contributed by atoms with Gasteiger partial charge in [-0.15, -0.1) is 11.3 Å². The highest BCUT2D eigenvalue weighted by Crippen LogP contribution is 2.31. The maximum absolute atomic E-state index is 13.4. The highest BCUT2D eigenvalue weighted by Gasteiger charge is 2.28. The molecule has 2 amide bonds. The summed E-state index contributed by atoms with van der Waals surface area (Å²) in [7, 11) is 0. The Hall–Kier alpha value is -2.52. The third-order valence-electron chi connectivity index (χ3n) is 4.31. The van der Waals surface area contributed by atoms with Gasteiger partial charge in [0.15, 0.2) is 5.13 Å². The number of ether oxygens (including phenoxy) is 1. The summed E-state index contributed by atoms with van der Waals surface area (Å²) >= 11 is 2.67. The minimum absolute atomic E-state index is 0.276. The number of hydrogen-bond acceptors (Lipinski definition) is 6. The van der Waals surface area contributed by atoms with E-state index in [1.54, 1.807) is 17.0 Å². The molecule has 1 aromatic carbocycles. The van der Waals surface area contributed by atoms with Crippen molar-refractivity contribution < 1.29 is 18.7 Å². The van der Waals surface area contributed by atoms with E-state index in [-0.39, 0.29) is 17.8 Å². The molecule has 4 rings (SSSR count). The number of amides is 2. The number of fused-ring (bicyclic) bond motifs is 2. The van der Waals surface area contributed by atoms with Crippen molar-refractivity contribution in [3.63, 3.8) is 0 Å². The number of thiophene rings is 1. The van der Waals surface area contributed by atoms with E-state index in [0.29, 0.717) is 34.9 Å². The Balaban J connectivity index is 1.46. The number of nitrogens with zero attached hydrogens (tertiary/aromatic N) is 2. The third-order valence-corrected chi connectivity index (χ3v) is 6.42. The van der Waals surface area contributed by atoms with E-state index in [4.69, 9.17) is 4.74 Å². The Morgan fingerprint density at radius 2 is 2.03 bits per heavy atom. The average molecular weight is 434 g/mol. The highest BCUT2D eigenvalue weighted by molar-refractivity contribution is 7.21. The SMILES string of the molecule is CC(C)(C)OC(=O)N1CCc2nc(NC(=O)c3cc4cc(F)ccc4s3)sc2C1. The fraction of sp³-hybridized carbons (Fsp3) is 0.350. The second-order valence-corrected chi connectivity index (χ2v) is 9.96. The van der Waals surface area contributed by atoms with Crippen LogP contribution < -0.4 is 5.32 Å². The molecule has 152 valence electrons. The molecular weight excluding hydrogens is 413 g/mol. The summed E-state index contributed by atoms with van der Waals surface area (Å²) in [6, 6.07) is 6.14. The second-order valence-electron chi connectivity index (χ2n) is 7.79. The number of nitrogens with one attached hydrogen (secondary N) is 1. The first-order valence-electron chi connectivity index (χ1n) is 9.15. The van der Waals surface area contributed by atoms with Crippen LogP contribution in [0.3, 0.4) is 0 Å². The lowest BCUT2D eigenvalue weighted by atomic mass is 10.2. The molecule has 3 heterocycles. The fourth-order valence-corrected chi connectivity index (χ4v) is 4.97. The number of carbonyl (C=O) groups is 2. The number of hydrogen-bond donors (Lipinski definition) is 1. The molecule has 6 nitrogen and oxygen atoms in total. The molecule has 1 aliphatic heterocycles. The lowest BCUT2D eigenvalue weighted by Gasteiger charge is -2.29. The van der Waals surface area contributed by atoms with Gasteiger partial charge in [0, 0.05) is 22.5 Å². The summed E-state index contributed by atoms with van der Waals surface area (Å²) in [5, 5.41) is 4.02. The van der Waals surface area contributed by atoms with Crippen LogP contribution in [0.25, 0.3) is 10.1 Å². The summed E-state index contributed by atoms with van der Waals surface area (Å²) in [4.78, 5) is 32.5. The molecule has 0 bridgehead atoms. The molecule has 29 heavy (non-hydrogen) atoms. The number of thiazole rings is 1. The number of rotatable bonds is 2. The quantitative estimate of drug-likeness (QED) is 0.614. The van der Waals surface area contributed by atoms with Crippen molar-refractivity contribution in [1.82, 2.24) is 9.88 Å². The van der Waals surface area contributed by atoms with Gasteiger partial charge in [0.2, 0.25) is 0 Å². The van der Waals surface area contributed by atoms with Crippen LogP contribution in [0.1, 0.15) is 41.0 Å². The van der Waals surface area contributed by atoms with Gasteiger partial charge in [-0.05, 0) is 50.4 Å². The first kappa shape index (κ1) is 19.8. The molecule has 0 aliphatic carbocycles. The molecule has 0 unspecified atom stereocenters. The van der Waals surface area contributed by atoms with Gasteiger partial charge >= 0.3 is 6.09 Å². The number of carbonyl (C=O) groups excluding carboxylic acids is 2. The predicted octanol–water partition coefficient (Wildman–Crippen LogP) is 5.04. The molecule has 3 aromatic rings. The summed E-state index contributed by atoms with van der Waals surface area (Å²) in [5.74, 6) is -0.605. The van der Waals surface area contributed by atoms with Crippen molar-refractivity contribution in [3.8, 4) is 0 Å². The fourth-order valence-electron chi connectivity index (χ4n) is 3.02. The molecule has 0 saturated carbocycles. The van der Waals surface area contributed by atoms with Crippen LogP contribution in [0.5, 0.6) is 0 Å². The number of benzene rings is 1.